The molecule has 1 unspecified atom stereocenters. The molecule has 1 aliphatic heterocycles. The Hall–Kier alpha value is -2.18. The molecule has 1 atom stereocenters. The van der Waals surface area contributed by atoms with E-state index in [1.165, 1.54) is 5.56 Å². The van der Waals surface area contributed by atoms with E-state index in [4.69, 9.17) is 21.7 Å². The minimum Gasteiger partial charge on any atom is -0.497 e. The van der Waals surface area contributed by atoms with Crippen LogP contribution in [-0.4, -0.2) is 60.2 Å². The molecule has 0 N–H and O–H groups in total. The van der Waals surface area contributed by atoms with E-state index in [9.17, 15) is 0 Å². The second-order valence-corrected chi connectivity index (χ2v) is 7.04. The van der Waals surface area contributed by atoms with Crippen LogP contribution in [0.1, 0.15) is 17.5 Å². The molecule has 0 bridgehead atoms. The molecule has 2 aromatic rings. The van der Waals surface area contributed by atoms with Crippen LogP contribution in [0.4, 0.5) is 0 Å². The molecular formula is C20H25N3O2S. The normalized spacial score (nSPS) is 16.8. The molecule has 3 rings (SSSR count). The Morgan fingerprint density at radius 2 is 2.08 bits per heavy atom. The lowest BCUT2D eigenvalue weighted by molar-refractivity contribution is 0.148. The van der Waals surface area contributed by atoms with Crippen LogP contribution >= 0.6 is 12.2 Å². The van der Waals surface area contributed by atoms with Crippen LogP contribution in [0.2, 0.25) is 0 Å². The van der Waals surface area contributed by atoms with Crippen molar-refractivity contribution in [2.45, 2.75) is 19.1 Å². The van der Waals surface area contributed by atoms with Crippen LogP contribution in [0.3, 0.4) is 0 Å². The fraction of sp³-hybridized carbons (Fsp3) is 0.400. The van der Waals surface area contributed by atoms with Gasteiger partial charge in [-0.3, -0.25) is 0 Å². The largest absolute Gasteiger partial charge is 0.497 e. The highest BCUT2D eigenvalue weighted by Crippen LogP contribution is 2.23. The predicted molar refractivity (Wildman–Crippen MR) is 107 cm³/mol. The maximum absolute atomic E-state index is 6.15. The van der Waals surface area contributed by atoms with Gasteiger partial charge in [0.2, 0.25) is 5.88 Å². The summed E-state index contributed by atoms with van der Waals surface area (Å²) in [7, 11) is 5.83. The van der Waals surface area contributed by atoms with Crippen LogP contribution in [0.25, 0.3) is 0 Å². The molecule has 0 amide bonds. The quantitative estimate of drug-likeness (QED) is 0.727. The maximum Gasteiger partial charge on any atom is 0.224 e. The minimum atomic E-state index is 0.0624. The van der Waals surface area contributed by atoms with Gasteiger partial charge < -0.3 is 19.3 Å². The Morgan fingerprint density at radius 1 is 1.31 bits per heavy atom. The number of hydrogen-bond donors (Lipinski definition) is 0. The number of methoxy groups -OCH3 is 1. The van der Waals surface area contributed by atoms with Gasteiger partial charge in [0.1, 0.15) is 16.8 Å². The summed E-state index contributed by atoms with van der Waals surface area (Å²) in [6, 6.07) is 12.1. The number of nitrogens with zero attached hydrogens (tertiary/aromatic N) is 3. The van der Waals surface area contributed by atoms with Gasteiger partial charge in [0, 0.05) is 26.3 Å². The molecule has 6 heteroatoms. The number of ether oxygens (including phenoxy) is 2. The van der Waals surface area contributed by atoms with Crippen LogP contribution in [-0.2, 0) is 6.54 Å². The number of fused-ring (bicyclic) bond motifs is 1. The minimum absolute atomic E-state index is 0.0624. The van der Waals surface area contributed by atoms with Gasteiger partial charge in [0.25, 0.3) is 0 Å². The van der Waals surface area contributed by atoms with Crippen molar-refractivity contribution in [2.24, 2.45) is 0 Å². The second kappa shape index (κ2) is 8.47. The first kappa shape index (κ1) is 18.6. The van der Waals surface area contributed by atoms with Crippen molar-refractivity contribution in [1.29, 1.82) is 0 Å². The topological polar surface area (TPSA) is 37.8 Å². The molecule has 1 aromatic heterocycles. The third-order valence-corrected chi connectivity index (χ3v) is 5.08. The summed E-state index contributed by atoms with van der Waals surface area (Å²) in [6.45, 7) is 2.59. The average molecular weight is 372 g/mol. The summed E-state index contributed by atoms with van der Waals surface area (Å²) in [5.74, 6) is 1.53. The maximum atomic E-state index is 6.15. The van der Waals surface area contributed by atoms with E-state index < -0.39 is 0 Å². The van der Waals surface area contributed by atoms with Crippen LogP contribution < -0.4 is 9.47 Å². The molecule has 5 nitrogen and oxygen atoms in total. The third-order valence-electron chi connectivity index (χ3n) is 4.55. The summed E-state index contributed by atoms with van der Waals surface area (Å²) in [6.07, 6.45) is 2.72. The van der Waals surface area contributed by atoms with Gasteiger partial charge in [0.15, 0.2) is 0 Å². The SMILES string of the molecule is COc1ccc(CN(C)CCC2CN(C)C(=S)c3cccnc3O2)cc1. The van der Waals surface area contributed by atoms with Gasteiger partial charge in [-0.15, -0.1) is 0 Å². The Morgan fingerprint density at radius 3 is 2.81 bits per heavy atom. The van der Waals surface area contributed by atoms with Crippen molar-refractivity contribution < 1.29 is 9.47 Å². The van der Waals surface area contributed by atoms with Crippen molar-refractivity contribution in [2.75, 3.05) is 34.3 Å². The Balaban J connectivity index is 1.57. The first-order valence-electron chi connectivity index (χ1n) is 8.75. The molecule has 0 saturated carbocycles. The van der Waals surface area contributed by atoms with Crippen molar-refractivity contribution in [3.05, 3.63) is 53.7 Å². The first-order valence-corrected chi connectivity index (χ1v) is 9.16. The fourth-order valence-corrected chi connectivity index (χ4v) is 3.30. The number of hydrogen-bond acceptors (Lipinski definition) is 5. The van der Waals surface area contributed by atoms with E-state index in [0.717, 1.165) is 42.4 Å². The van der Waals surface area contributed by atoms with E-state index in [-0.39, 0.29) is 6.10 Å². The summed E-state index contributed by atoms with van der Waals surface area (Å²) in [5.41, 5.74) is 2.17. The number of benzene rings is 1. The van der Waals surface area contributed by atoms with Crippen molar-refractivity contribution >= 4 is 17.2 Å². The van der Waals surface area contributed by atoms with Gasteiger partial charge in [-0.25, -0.2) is 4.98 Å². The lowest BCUT2D eigenvalue weighted by Crippen LogP contribution is -2.35. The zero-order valence-electron chi connectivity index (χ0n) is 15.5. The molecule has 26 heavy (non-hydrogen) atoms. The van der Waals surface area contributed by atoms with Crippen molar-refractivity contribution in [1.82, 2.24) is 14.8 Å². The molecule has 1 aromatic carbocycles. The molecule has 1 aliphatic rings. The number of rotatable bonds is 6. The lowest BCUT2D eigenvalue weighted by Gasteiger charge is -2.24. The number of aromatic nitrogens is 1. The summed E-state index contributed by atoms with van der Waals surface area (Å²) >= 11 is 5.55. The van der Waals surface area contributed by atoms with Crippen LogP contribution in [0.5, 0.6) is 11.6 Å². The lowest BCUT2D eigenvalue weighted by atomic mass is 10.2. The van der Waals surface area contributed by atoms with E-state index >= 15 is 0 Å². The number of thiocarbonyl (C=S) groups is 1. The van der Waals surface area contributed by atoms with E-state index in [1.807, 2.05) is 31.3 Å². The fourth-order valence-electron chi connectivity index (χ4n) is 3.07. The Labute approximate surface area is 160 Å². The standard InChI is InChI=1S/C20H25N3O2S/c1-22(13-15-6-8-16(24-3)9-7-15)12-10-17-14-23(2)20(26)18-5-4-11-21-19(18)25-17/h4-9,11,17H,10,12-14H2,1-3H3. The molecule has 0 spiro atoms. The van der Waals surface area contributed by atoms with Gasteiger partial charge in [0.05, 0.1) is 19.2 Å². The van der Waals surface area contributed by atoms with Gasteiger partial charge in [-0.05, 0) is 43.3 Å². The molecule has 2 heterocycles. The molecule has 138 valence electrons. The zero-order chi connectivity index (χ0) is 18.5. The highest BCUT2D eigenvalue weighted by molar-refractivity contribution is 7.80. The zero-order valence-corrected chi connectivity index (χ0v) is 16.3. The second-order valence-electron chi connectivity index (χ2n) is 6.66. The monoisotopic (exact) mass is 371 g/mol. The van der Waals surface area contributed by atoms with Crippen LogP contribution in [0.15, 0.2) is 42.6 Å². The molecular weight excluding hydrogens is 346 g/mol. The highest BCUT2D eigenvalue weighted by atomic mass is 32.1. The Kier molecular flexibility index (Phi) is 6.06. The van der Waals surface area contributed by atoms with E-state index in [0.29, 0.717) is 5.88 Å². The highest BCUT2D eigenvalue weighted by Gasteiger charge is 2.25. The summed E-state index contributed by atoms with van der Waals surface area (Å²) < 4.78 is 11.4. The van der Waals surface area contributed by atoms with Gasteiger partial charge in [-0.1, -0.05) is 24.4 Å². The molecule has 0 radical (unpaired) electrons. The number of pyridine rings is 1. The summed E-state index contributed by atoms with van der Waals surface area (Å²) in [5, 5.41) is 0. The number of likely N-dealkylation sites (N-methyl/N-ethyl adjacent to an activating group) is 1. The summed E-state index contributed by atoms with van der Waals surface area (Å²) in [4.78, 5) is 9.54. The Bertz CT molecular complexity index is 751. The van der Waals surface area contributed by atoms with Crippen molar-refractivity contribution in [3.63, 3.8) is 0 Å². The smallest absolute Gasteiger partial charge is 0.224 e. The molecule has 0 fully saturated rings. The van der Waals surface area contributed by atoms with Gasteiger partial charge in [-0.2, -0.15) is 0 Å². The van der Waals surface area contributed by atoms with Crippen LogP contribution in [0, 0.1) is 0 Å². The van der Waals surface area contributed by atoms with E-state index in [2.05, 4.69) is 34.0 Å². The average Bonchev–Trinajstić information content (AvgIpc) is 2.78. The van der Waals surface area contributed by atoms with E-state index in [1.54, 1.807) is 13.3 Å². The third kappa shape index (κ3) is 4.51. The van der Waals surface area contributed by atoms with Crippen molar-refractivity contribution in [3.8, 4) is 11.6 Å². The predicted octanol–water partition coefficient (Wildman–Crippen LogP) is 2.98. The molecule has 0 saturated heterocycles. The first-order chi connectivity index (χ1) is 12.6. The molecule has 0 aliphatic carbocycles. The van der Waals surface area contributed by atoms with Gasteiger partial charge >= 0.3 is 0 Å².